The topological polar surface area (TPSA) is 34.1 Å². The van der Waals surface area contributed by atoms with Crippen molar-refractivity contribution < 1.29 is 4.74 Å². The lowest BCUT2D eigenvalue weighted by Crippen LogP contribution is -2.17. The number of nitrogens with one attached hydrogen (secondary N) is 1. The van der Waals surface area contributed by atoms with E-state index in [9.17, 15) is 0 Å². The number of halogens is 2. The highest BCUT2D eigenvalue weighted by Crippen LogP contribution is 2.35. The summed E-state index contributed by atoms with van der Waals surface area (Å²) in [5, 5.41) is 4.03. The third-order valence-corrected chi connectivity index (χ3v) is 4.94. The first kappa shape index (κ1) is 14.7. The lowest BCUT2D eigenvalue weighted by atomic mass is 9.87. The van der Waals surface area contributed by atoms with Gasteiger partial charge in [-0.1, -0.05) is 17.7 Å². The van der Waals surface area contributed by atoms with Crippen LogP contribution >= 0.6 is 27.5 Å². The average Bonchev–Trinajstić information content (AvgIpc) is 2.50. The van der Waals surface area contributed by atoms with Crippen LogP contribution in [0.4, 0.5) is 5.69 Å². The minimum absolute atomic E-state index is 0.300. The average molecular weight is 368 g/mol. The van der Waals surface area contributed by atoms with Crippen molar-refractivity contribution in [1.82, 2.24) is 4.98 Å². The van der Waals surface area contributed by atoms with E-state index >= 15 is 0 Å². The standard InChI is InChI=1S/C16H16BrClN2O/c1-21-12-5-6-13-10(7-12)3-2-4-15(13)20-11-8-14(17)16(18)19-9-11/h5-9,15,20H,2-4H2,1H3. The molecule has 1 aliphatic rings. The van der Waals surface area contributed by atoms with Crippen LogP contribution in [0.25, 0.3) is 0 Å². The fraction of sp³-hybridized carbons (Fsp3) is 0.312. The number of pyridine rings is 1. The maximum absolute atomic E-state index is 5.94. The zero-order valence-corrected chi connectivity index (χ0v) is 14.0. The number of aryl methyl sites for hydroxylation is 1. The van der Waals surface area contributed by atoms with Crippen molar-refractivity contribution in [3.05, 3.63) is 51.2 Å². The highest BCUT2D eigenvalue weighted by atomic mass is 79.9. The summed E-state index contributed by atoms with van der Waals surface area (Å²) >= 11 is 9.35. The number of rotatable bonds is 3. The van der Waals surface area contributed by atoms with Gasteiger partial charge in [0.2, 0.25) is 0 Å². The molecule has 2 aromatic rings. The SMILES string of the molecule is COc1ccc2c(c1)CCCC2Nc1cnc(Cl)c(Br)c1. The fourth-order valence-electron chi connectivity index (χ4n) is 2.77. The molecule has 21 heavy (non-hydrogen) atoms. The van der Waals surface area contributed by atoms with Gasteiger partial charge >= 0.3 is 0 Å². The fourth-order valence-corrected chi connectivity index (χ4v) is 3.22. The van der Waals surface area contributed by atoms with Crippen LogP contribution in [0.2, 0.25) is 5.15 Å². The molecule has 0 amide bonds. The zero-order chi connectivity index (χ0) is 14.8. The molecule has 1 aliphatic carbocycles. The van der Waals surface area contributed by atoms with Crippen molar-refractivity contribution in [2.45, 2.75) is 25.3 Å². The number of methoxy groups -OCH3 is 1. The molecule has 0 spiro atoms. The van der Waals surface area contributed by atoms with E-state index in [0.717, 1.165) is 28.8 Å². The molecule has 1 heterocycles. The van der Waals surface area contributed by atoms with Crippen molar-refractivity contribution in [2.24, 2.45) is 0 Å². The number of aromatic nitrogens is 1. The van der Waals surface area contributed by atoms with Crippen LogP contribution in [-0.4, -0.2) is 12.1 Å². The zero-order valence-electron chi connectivity index (χ0n) is 11.7. The van der Waals surface area contributed by atoms with E-state index in [-0.39, 0.29) is 0 Å². The summed E-state index contributed by atoms with van der Waals surface area (Å²) in [5.41, 5.74) is 3.67. The van der Waals surface area contributed by atoms with Crippen LogP contribution in [0.15, 0.2) is 34.9 Å². The van der Waals surface area contributed by atoms with Gasteiger partial charge in [-0.2, -0.15) is 0 Å². The second kappa shape index (κ2) is 6.24. The first-order valence-corrected chi connectivity index (χ1v) is 8.09. The minimum Gasteiger partial charge on any atom is -0.497 e. The molecule has 3 nitrogen and oxygen atoms in total. The van der Waals surface area contributed by atoms with Crippen molar-refractivity contribution in [3.8, 4) is 5.75 Å². The largest absolute Gasteiger partial charge is 0.497 e. The molecular formula is C16H16BrClN2O. The molecule has 0 bridgehead atoms. The highest BCUT2D eigenvalue weighted by molar-refractivity contribution is 9.10. The van der Waals surface area contributed by atoms with Gasteiger partial charge in [-0.05, 0) is 64.5 Å². The molecule has 1 aromatic carbocycles. The van der Waals surface area contributed by atoms with Crippen LogP contribution in [0.3, 0.4) is 0 Å². The molecule has 1 unspecified atom stereocenters. The molecule has 5 heteroatoms. The number of fused-ring (bicyclic) bond motifs is 1. The molecule has 0 saturated carbocycles. The lowest BCUT2D eigenvalue weighted by Gasteiger charge is -2.27. The molecule has 1 atom stereocenters. The number of benzene rings is 1. The van der Waals surface area contributed by atoms with Crippen LogP contribution in [-0.2, 0) is 6.42 Å². The number of nitrogens with zero attached hydrogens (tertiary/aromatic N) is 1. The molecule has 3 rings (SSSR count). The number of anilines is 1. The van der Waals surface area contributed by atoms with Crippen LogP contribution in [0.1, 0.15) is 30.0 Å². The smallest absolute Gasteiger partial charge is 0.143 e. The van der Waals surface area contributed by atoms with Crippen molar-refractivity contribution in [3.63, 3.8) is 0 Å². The van der Waals surface area contributed by atoms with Gasteiger partial charge in [-0.25, -0.2) is 4.98 Å². The van der Waals surface area contributed by atoms with E-state index < -0.39 is 0 Å². The van der Waals surface area contributed by atoms with E-state index in [1.807, 2.05) is 12.1 Å². The third kappa shape index (κ3) is 3.16. The first-order chi connectivity index (χ1) is 10.2. The summed E-state index contributed by atoms with van der Waals surface area (Å²) in [5.74, 6) is 0.922. The minimum atomic E-state index is 0.300. The van der Waals surface area contributed by atoms with E-state index in [2.05, 4.69) is 38.4 Å². The number of hydrogen-bond donors (Lipinski definition) is 1. The Balaban J connectivity index is 1.86. The predicted octanol–water partition coefficient (Wildman–Crippen LogP) is 5.00. The van der Waals surface area contributed by atoms with Gasteiger partial charge < -0.3 is 10.1 Å². The van der Waals surface area contributed by atoms with Gasteiger partial charge in [0.15, 0.2) is 0 Å². The van der Waals surface area contributed by atoms with Crippen LogP contribution < -0.4 is 10.1 Å². The first-order valence-electron chi connectivity index (χ1n) is 6.92. The van der Waals surface area contributed by atoms with Gasteiger partial charge in [-0.15, -0.1) is 0 Å². The maximum Gasteiger partial charge on any atom is 0.143 e. The second-order valence-electron chi connectivity index (χ2n) is 5.15. The second-order valence-corrected chi connectivity index (χ2v) is 6.36. The molecule has 0 radical (unpaired) electrons. The van der Waals surface area contributed by atoms with Crippen LogP contribution in [0.5, 0.6) is 5.75 Å². The Morgan fingerprint density at radius 2 is 2.24 bits per heavy atom. The Morgan fingerprint density at radius 1 is 1.38 bits per heavy atom. The lowest BCUT2D eigenvalue weighted by molar-refractivity contribution is 0.413. The highest BCUT2D eigenvalue weighted by Gasteiger charge is 2.20. The van der Waals surface area contributed by atoms with Crippen molar-refractivity contribution in [1.29, 1.82) is 0 Å². The van der Waals surface area contributed by atoms with Gasteiger partial charge in [0, 0.05) is 0 Å². The third-order valence-electron chi connectivity index (χ3n) is 3.80. The summed E-state index contributed by atoms with van der Waals surface area (Å²) in [6, 6.07) is 8.58. The Labute approximate surface area is 137 Å². The maximum atomic E-state index is 5.94. The summed E-state index contributed by atoms with van der Waals surface area (Å²) in [7, 11) is 1.71. The summed E-state index contributed by atoms with van der Waals surface area (Å²) in [6.45, 7) is 0. The van der Waals surface area contributed by atoms with E-state index in [1.165, 1.54) is 17.5 Å². The number of hydrogen-bond acceptors (Lipinski definition) is 3. The Bertz CT molecular complexity index is 663. The molecule has 1 aromatic heterocycles. The molecule has 110 valence electrons. The molecule has 0 fully saturated rings. The molecule has 0 aliphatic heterocycles. The normalized spacial score (nSPS) is 17.2. The Kier molecular flexibility index (Phi) is 4.36. The quantitative estimate of drug-likeness (QED) is 0.776. The van der Waals surface area contributed by atoms with E-state index in [0.29, 0.717) is 11.2 Å². The van der Waals surface area contributed by atoms with E-state index in [1.54, 1.807) is 13.3 Å². The van der Waals surface area contributed by atoms with Crippen molar-refractivity contribution in [2.75, 3.05) is 12.4 Å². The van der Waals surface area contributed by atoms with Crippen LogP contribution in [0, 0.1) is 0 Å². The van der Waals surface area contributed by atoms with Gasteiger partial charge in [0.25, 0.3) is 0 Å². The molecule has 0 saturated heterocycles. The Hall–Kier alpha value is -1.26. The summed E-state index contributed by atoms with van der Waals surface area (Å²) < 4.78 is 6.12. The predicted molar refractivity (Wildman–Crippen MR) is 89.2 cm³/mol. The molecule has 1 N–H and O–H groups in total. The monoisotopic (exact) mass is 366 g/mol. The van der Waals surface area contributed by atoms with Crippen molar-refractivity contribution >= 4 is 33.2 Å². The number of ether oxygens (including phenoxy) is 1. The summed E-state index contributed by atoms with van der Waals surface area (Å²) in [4.78, 5) is 4.16. The van der Waals surface area contributed by atoms with Gasteiger partial charge in [0.05, 0.1) is 29.5 Å². The van der Waals surface area contributed by atoms with Gasteiger partial charge in [-0.3, -0.25) is 0 Å². The Morgan fingerprint density at radius 3 is 3.00 bits per heavy atom. The summed E-state index contributed by atoms with van der Waals surface area (Å²) in [6.07, 6.45) is 5.15. The molecular weight excluding hydrogens is 352 g/mol. The van der Waals surface area contributed by atoms with E-state index in [4.69, 9.17) is 16.3 Å². The van der Waals surface area contributed by atoms with Gasteiger partial charge in [0.1, 0.15) is 10.9 Å².